The van der Waals surface area contributed by atoms with Gasteiger partial charge in [-0.1, -0.05) is 39.0 Å². The molecular weight excluding hydrogens is 335 g/mol. The van der Waals surface area contributed by atoms with Crippen LogP contribution in [0.5, 0.6) is 11.5 Å². The molecule has 0 aliphatic rings. The van der Waals surface area contributed by atoms with Gasteiger partial charge in [0.05, 0.1) is 11.1 Å². The van der Waals surface area contributed by atoms with Gasteiger partial charge in [-0.05, 0) is 23.6 Å². The Morgan fingerprint density at radius 2 is 1.56 bits per heavy atom. The van der Waals surface area contributed by atoms with E-state index in [-0.39, 0.29) is 11.4 Å². The second-order valence-corrected chi connectivity index (χ2v) is 6.60. The third kappa shape index (κ3) is 3.87. The first-order valence-electron chi connectivity index (χ1n) is 7.46. The van der Waals surface area contributed by atoms with Crippen molar-refractivity contribution in [2.24, 2.45) is 0 Å². The van der Waals surface area contributed by atoms with E-state index in [9.17, 15) is 28.2 Å². The highest BCUT2D eigenvalue weighted by Gasteiger charge is 2.35. The van der Waals surface area contributed by atoms with Crippen LogP contribution in [0.4, 0.5) is 18.9 Å². The number of nitrogens with one attached hydrogen (secondary N) is 1. The van der Waals surface area contributed by atoms with Crippen molar-refractivity contribution < 1.29 is 28.2 Å². The Morgan fingerprint density at radius 3 is 2.12 bits per heavy atom. The van der Waals surface area contributed by atoms with Gasteiger partial charge in [-0.2, -0.15) is 13.2 Å². The van der Waals surface area contributed by atoms with Crippen molar-refractivity contribution in [3.05, 3.63) is 53.1 Å². The Balaban J connectivity index is 2.47. The molecule has 0 saturated carbocycles. The predicted octanol–water partition coefficient (Wildman–Crippen LogP) is 4.67. The van der Waals surface area contributed by atoms with Gasteiger partial charge < -0.3 is 15.5 Å². The second-order valence-electron chi connectivity index (χ2n) is 6.60. The number of phenolic OH excluding ortho intramolecular Hbond substituents is 2. The van der Waals surface area contributed by atoms with Crippen molar-refractivity contribution in [1.82, 2.24) is 0 Å². The lowest BCUT2D eigenvalue weighted by Gasteiger charge is -2.22. The molecule has 3 N–H and O–H groups in total. The zero-order valence-electron chi connectivity index (χ0n) is 13.9. The highest BCUT2D eigenvalue weighted by molar-refractivity contribution is 6.07. The number of anilines is 1. The van der Waals surface area contributed by atoms with E-state index in [1.807, 2.05) is 20.8 Å². The summed E-state index contributed by atoms with van der Waals surface area (Å²) in [6.45, 7) is 5.43. The number of carbonyl (C=O) groups is 1. The third-order valence-corrected chi connectivity index (χ3v) is 3.68. The van der Waals surface area contributed by atoms with Crippen molar-refractivity contribution >= 4 is 11.6 Å². The molecule has 0 aliphatic heterocycles. The number of hydrogen-bond donors (Lipinski definition) is 3. The van der Waals surface area contributed by atoms with E-state index >= 15 is 0 Å². The molecule has 0 bridgehead atoms. The van der Waals surface area contributed by atoms with Crippen LogP contribution in [-0.4, -0.2) is 16.1 Å². The lowest BCUT2D eigenvalue weighted by Crippen LogP contribution is -2.19. The molecular formula is C18H18F3NO3. The summed E-state index contributed by atoms with van der Waals surface area (Å²) in [6, 6.07) is 7.06. The molecule has 4 nitrogen and oxygen atoms in total. The largest absolute Gasteiger partial charge is 0.506 e. The standard InChI is InChI=1S/C18H18F3NO3/c1-17(2,3)12-8-9-13(23)14(15(12)24)22-16(25)10-6-4-5-7-11(10)18(19,20)21/h4-9,23-24H,1-3H3,(H,22,25). The molecule has 2 aromatic carbocycles. The maximum absolute atomic E-state index is 13.0. The summed E-state index contributed by atoms with van der Waals surface area (Å²) in [5, 5.41) is 22.4. The average molecular weight is 353 g/mol. The fourth-order valence-corrected chi connectivity index (χ4v) is 2.42. The number of benzene rings is 2. The molecule has 0 saturated heterocycles. The number of alkyl halides is 3. The molecule has 0 spiro atoms. The molecule has 25 heavy (non-hydrogen) atoms. The van der Waals surface area contributed by atoms with E-state index in [4.69, 9.17) is 0 Å². The van der Waals surface area contributed by atoms with E-state index < -0.39 is 34.4 Å². The first kappa shape index (κ1) is 18.6. The maximum atomic E-state index is 13.0. The SMILES string of the molecule is CC(C)(C)c1ccc(O)c(NC(=O)c2ccccc2C(F)(F)F)c1O. The van der Waals surface area contributed by atoms with Gasteiger partial charge in [-0.15, -0.1) is 0 Å². The van der Waals surface area contributed by atoms with Crippen molar-refractivity contribution in [2.75, 3.05) is 5.32 Å². The number of carbonyl (C=O) groups excluding carboxylic acids is 1. The minimum absolute atomic E-state index is 0.325. The zero-order chi connectivity index (χ0) is 19.0. The summed E-state index contributed by atoms with van der Waals surface area (Å²) in [5.74, 6) is -1.90. The number of rotatable bonds is 2. The second kappa shape index (κ2) is 6.31. The van der Waals surface area contributed by atoms with Crippen LogP contribution in [0.2, 0.25) is 0 Å². The molecule has 0 radical (unpaired) electrons. The molecule has 0 aromatic heterocycles. The summed E-state index contributed by atoms with van der Waals surface area (Å²) < 4.78 is 39.1. The van der Waals surface area contributed by atoms with Gasteiger partial charge in [0.1, 0.15) is 17.2 Å². The van der Waals surface area contributed by atoms with E-state index in [0.717, 1.165) is 12.1 Å². The Morgan fingerprint density at radius 1 is 0.960 bits per heavy atom. The fraction of sp³-hybridized carbons (Fsp3) is 0.278. The highest BCUT2D eigenvalue weighted by Crippen LogP contribution is 2.42. The van der Waals surface area contributed by atoms with E-state index in [0.29, 0.717) is 5.56 Å². The van der Waals surface area contributed by atoms with Crippen LogP contribution in [0.3, 0.4) is 0 Å². The molecule has 2 rings (SSSR count). The fourth-order valence-electron chi connectivity index (χ4n) is 2.42. The molecule has 0 unspecified atom stereocenters. The van der Waals surface area contributed by atoms with E-state index in [1.54, 1.807) is 0 Å². The Kier molecular flexibility index (Phi) is 4.70. The minimum atomic E-state index is -4.70. The van der Waals surface area contributed by atoms with Crippen molar-refractivity contribution in [3.8, 4) is 11.5 Å². The Bertz CT molecular complexity index is 808. The van der Waals surface area contributed by atoms with Crippen LogP contribution in [0, 0.1) is 0 Å². The van der Waals surface area contributed by atoms with Gasteiger partial charge in [0.25, 0.3) is 5.91 Å². The van der Waals surface area contributed by atoms with Gasteiger partial charge in [-0.3, -0.25) is 4.79 Å². The van der Waals surface area contributed by atoms with Gasteiger partial charge in [-0.25, -0.2) is 0 Å². The third-order valence-electron chi connectivity index (χ3n) is 3.68. The molecule has 0 fully saturated rings. The van der Waals surface area contributed by atoms with Gasteiger partial charge in [0.2, 0.25) is 0 Å². The molecule has 134 valence electrons. The topological polar surface area (TPSA) is 69.6 Å². The van der Waals surface area contributed by atoms with Crippen molar-refractivity contribution in [2.45, 2.75) is 32.4 Å². The van der Waals surface area contributed by atoms with Crippen LogP contribution < -0.4 is 5.32 Å². The summed E-state index contributed by atoms with van der Waals surface area (Å²) in [6.07, 6.45) is -4.70. The molecule has 1 amide bonds. The number of phenols is 2. The van der Waals surface area contributed by atoms with Crippen LogP contribution in [0.25, 0.3) is 0 Å². The summed E-state index contributed by atoms with van der Waals surface area (Å²) in [5.41, 5.74) is -2.09. The smallest absolute Gasteiger partial charge is 0.417 e. The van der Waals surface area contributed by atoms with Crippen LogP contribution in [-0.2, 0) is 11.6 Å². The highest BCUT2D eigenvalue weighted by atomic mass is 19.4. The monoisotopic (exact) mass is 353 g/mol. The lowest BCUT2D eigenvalue weighted by molar-refractivity contribution is -0.137. The minimum Gasteiger partial charge on any atom is -0.506 e. The van der Waals surface area contributed by atoms with Gasteiger partial charge in [0, 0.05) is 5.56 Å². The number of hydrogen-bond acceptors (Lipinski definition) is 3. The normalized spacial score (nSPS) is 12.1. The zero-order valence-corrected chi connectivity index (χ0v) is 13.9. The summed E-state index contributed by atoms with van der Waals surface area (Å²) >= 11 is 0. The van der Waals surface area contributed by atoms with E-state index in [1.165, 1.54) is 24.3 Å². The quantitative estimate of drug-likeness (QED) is 0.688. The number of halogens is 3. The maximum Gasteiger partial charge on any atom is 0.417 e. The lowest BCUT2D eigenvalue weighted by atomic mass is 9.86. The number of aromatic hydroxyl groups is 2. The van der Waals surface area contributed by atoms with Crippen LogP contribution in [0.1, 0.15) is 42.3 Å². The Hall–Kier alpha value is -2.70. The van der Waals surface area contributed by atoms with Crippen molar-refractivity contribution in [1.29, 1.82) is 0 Å². The molecule has 7 heteroatoms. The molecule has 2 aromatic rings. The average Bonchev–Trinajstić information content (AvgIpc) is 2.49. The van der Waals surface area contributed by atoms with Crippen LogP contribution in [0.15, 0.2) is 36.4 Å². The first-order chi connectivity index (χ1) is 11.4. The van der Waals surface area contributed by atoms with E-state index in [2.05, 4.69) is 5.32 Å². The predicted molar refractivity (Wildman–Crippen MR) is 87.9 cm³/mol. The van der Waals surface area contributed by atoms with Gasteiger partial charge >= 0.3 is 6.18 Å². The molecule has 0 atom stereocenters. The summed E-state index contributed by atoms with van der Waals surface area (Å²) in [4.78, 5) is 12.3. The number of amides is 1. The molecule has 0 aliphatic carbocycles. The Labute approximate surface area is 142 Å². The van der Waals surface area contributed by atoms with Gasteiger partial charge in [0.15, 0.2) is 0 Å². The van der Waals surface area contributed by atoms with Crippen molar-refractivity contribution in [3.63, 3.8) is 0 Å². The molecule has 0 heterocycles. The summed E-state index contributed by atoms with van der Waals surface area (Å²) in [7, 11) is 0. The van der Waals surface area contributed by atoms with Crippen LogP contribution >= 0.6 is 0 Å². The first-order valence-corrected chi connectivity index (χ1v) is 7.46.